The van der Waals surface area contributed by atoms with E-state index in [1.54, 1.807) is 13.2 Å². The monoisotopic (exact) mass is 319 g/mol. The van der Waals surface area contributed by atoms with Crippen LogP contribution < -0.4 is 10.7 Å². The number of hydrogen-bond donors (Lipinski definition) is 1. The van der Waals surface area contributed by atoms with Crippen LogP contribution in [0.5, 0.6) is 0 Å². The van der Waals surface area contributed by atoms with Gasteiger partial charge >= 0.3 is 0 Å². The van der Waals surface area contributed by atoms with Crippen molar-refractivity contribution in [2.75, 3.05) is 19.6 Å². The Bertz CT molecular complexity index is 700. The Balaban J connectivity index is 2.52. The first-order chi connectivity index (χ1) is 10.7. The lowest BCUT2D eigenvalue weighted by Gasteiger charge is -2.11. The standard InChI is InChI=1S/C17H22ClN3O/c1-13-17(14-7-3-4-8-15(14)19)21(11-6-5-10-18)16(20-13)9-12-22-2/h3-4,7-8,19H,1,5-6,9-12H2,2H3/b17-14+,19-15?. The zero-order valence-corrected chi connectivity index (χ0v) is 13.7. The Morgan fingerprint density at radius 2 is 2.09 bits per heavy atom. The van der Waals surface area contributed by atoms with Crippen molar-refractivity contribution in [3.8, 4) is 0 Å². The minimum Gasteiger partial charge on any atom is -0.384 e. The normalized spacial score (nSPS) is 16.5. The molecular weight excluding hydrogens is 298 g/mol. The molecule has 0 saturated carbocycles. The molecule has 1 aromatic rings. The van der Waals surface area contributed by atoms with Crippen molar-refractivity contribution in [2.24, 2.45) is 0 Å². The molecule has 118 valence electrons. The Morgan fingerprint density at radius 3 is 2.77 bits per heavy atom. The summed E-state index contributed by atoms with van der Waals surface area (Å²) in [4.78, 5) is 4.60. The molecule has 0 fully saturated rings. The van der Waals surface area contributed by atoms with Crippen LogP contribution in [-0.2, 0) is 17.7 Å². The maximum absolute atomic E-state index is 8.15. The van der Waals surface area contributed by atoms with Gasteiger partial charge in [0.15, 0.2) is 0 Å². The number of imidazole rings is 1. The highest BCUT2D eigenvalue weighted by Gasteiger charge is 2.12. The summed E-state index contributed by atoms with van der Waals surface area (Å²) in [6, 6.07) is 0. The van der Waals surface area contributed by atoms with Gasteiger partial charge in [-0.05, 0) is 18.9 Å². The van der Waals surface area contributed by atoms with Crippen molar-refractivity contribution in [1.29, 1.82) is 5.41 Å². The summed E-state index contributed by atoms with van der Waals surface area (Å²) in [5.41, 5.74) is 1.36. The van der Waals surface area contributed by atoms with Crippen LogP contribution in [-0.4, -0.2) is 34.9 Å². The first-order valence-corrected chi connectivity index (χ1v) is 7.99. The number of hydrogen-bond acceptors (Lipinski definition) is 3. The van der Waals surface area contributed by atoms with Crippen molar-refractivity contribution in [1.82, 2.24) is 9.55 Å². The van der Waals surface area contributed by atoms with Crippen LogP contribution >= 0.6 is 11.6 Å². The number of aromatic nitrogens is 2. The predicted octanol–water partition coefficient (Wildman–Crippen LogP) is 1.80. The minimum atomic E-state index is 0.490. The van der Waals surface area contributed by atoms with Crippen LogP contribution in [0.2, 0.25) is 0 Å². The fourth-order valence-electron chi connectivity index (χ4n) is 2.53. The van der Waals surface area contributed by atoms with E-state index in [1.807, 2.05) is 18.2 Å². The highest BCUT2D eigenvalue weighted by molar-refractivity contribution is 6.26. The molecule has 4 nitrogen and oxygen atoms in total. The lowest BCUT2D eigenvalue weighted by molar-refractivity contribution is 0.199. The molecule has 1 aliphatic carbocycles. The number of ether oxygens (including phenoxy) is 1. The highest BCUT2D eigenvalue weighted by atomic mass is 35.5. The first-order valence-electron chi connectivity index (χ1n) is 7.46. The molecule has 0 unspecified atom stereocenters. The Morgan fingerprint density at radius 1 is 1.32 bits per heavy atom. The number of unbranched alkanes of at least 4 members (excludes halogenated alkanes) is 1. The van der Waals surface area contributed by atoms with Crippen LogP contribution in [0.4, 0.5) is 0 Å². The second-order valence-corrected chi connectivity index (χ2v) is 5.54. The number of methoxy groups -OCH3 is 1. The molecule has 5 heteroatoms. The lowest BCUT2D eigenvalue weighted by atomic mass is 10.1. The fraction of sp³-hybridized carbons (Fsp3) is 0.412. The molecule has 0 atom stereocenters. The van der Waals surface area contributed by atoms with Crippen molar-refractivity contribution in [2.45, 2.75) is 25.8 Å². The summed E-state index contributed by atoms with van der Waals surface area (Å²) in [7, 11) is 1.69. The molecule has 2 rings (SSSR count). The van der Waals surface area contributed by atoms with Crippen molar-refractivity contribution in [3.63, 3.8) is 0 Å². The van der Waals surface area contributed by atoms with E-state index in [-0.39, 0.29) is 0 Å². The largest absolute Gasteiger partial charge is 0.384 e. The molecule has 0 aromatic carbocycles. The van der Waals surface area contributed by atoms with Crippen LogP contribution in [0.15, 0.2) is 24.3 Å². The quantitative estimate of drug-likeness (QED) is 0.615. The second kappa shape index (κ2) is 8.11. The summed E-state index contributed by atoms with van der Waals surface area (Å²) in [6.45, 7) is 5.52. The predicted molar refractivity (Wildman–Crippen MR) is 91.9 cm³/mol. The third-order valence-electron chi connectivity index (χ3n) is 3.60. The van der Waals surface area contributed by atoms with Gasteiger partial charge in [-0.2, -0.15) is 0 Å². The highest BCUT2D eigenvalue weighted by Crippen LogP contribution is 2.07. The van der Waals surface area contributed by atoms with Crippen LogP contribution in [0.3, 0.4) is 0 Å². The van der Waals surface area contributed by atoms with Crippen molar-refractivity contribution >= 4 is 29.5 Å². The van der Waals surface area contributed by atoms with Gasteiger partial charge in [0.05, 0.1) is 23.0 Å². The molecule has 1 heterocycles. The van der Waals surface area contributed by atoms with Crippen molar-refractivity contribution < 1.29 is 4.74 Å². The first kappa shape index (κ1) is 16.7. The van der Waals surface area contributed by atoms with Gasteiger partial charge in [-0.25, -0.2) is 4.98 Å². The van der Waals surface area contributed by atoms with Gasteiger partial charge in [0.2, 0.25) is 0 Å². The molecule has 0 amide bonds. The van der Waals surface area contributed by atoms with Gasteiger partial charge in [0.1, 0.15) is 5.82 Å². The summed E-state index contributed by atoms with van der Waals surface area (Å²) in [5.74, 6) is 1.61. The molecule has 0 radical (unpaired) electrons. The molecule has 0 spiro atoms. The molecule has 0 bridgehead atoms. The Kier molecular flexibility index (Phi) is 6.16. The molecule has 1 N–H and O–H groups in total. The zero-order valence-electron chi connectivity index (χ0n) is 12.9. The molecule has 0 saturated heterocycles. The van der Waals surface area contributed by atoms with Crippen LogP contribution in [0.1, 0.15) is 18.7 Å². The van der Waals surface area contributed by atoms with E-state index in [0.29, 0.717) is 18.2 Å². The summed E-state index contributed by atoms with van der Waals surface area (Å²) in [5, 5.41) is 9.80. The SMILES string of the molecule is C=c1nc(CCOC)n(CCCCCl)/c1=C1\C=CC=CC1=N. The van der Waals surface area contributed by atoms with Crippen LogP contribution in [0, 0.1) is 5.41 Å². The Labute approximate surface area is 136 Å². The van der Waals surface area contributed by atoms with Gasteiger partial charge in [-0.3, -0.25) is 0 Å². The fourth-order valence-corrected chi connectivity index (χ4v) is 2.72. The molecule has 22 heavy (non-hydrogen) atoms. The average molecular weight is 320 g/mol. The zero-order chi connectivity index (χ0) is 15.9. The van der Waals surface area contributed by atoms with E-state index >= 15 is 0 Å². The van der Waals surface area contributed by atoms with Gasteiger partial charge in [0, 0.05) is 31.5 Å². The van der Waals surface area contributed by atoms with E-state index in [0.717, 1.165) is 47.9 Å². The third kappa shape index (κ3) is 3.76. The van der Waals surface area contributed by atoms with Crippen molar-refractivity contribution in [3.05, 3.63) is 40.8 Å². The summed E-state index contributed by atoms with van der Waals surface area (Å²) in [6.07, 6.45) is 10.2. The second-order valence-electron chi connectivity index (χ2n) is 5.16. The molecule has 1 aliphatic rings. The summed E-state index contributed by atoms with van der Waals surface area (Å²) >= 11 is 5.79. The van der Waals surface area contributed by atoms with Gasteiger partial charge in [-0.15, -0.1) is 11.6 Å². The van der Waals surface area contributed by atoms with E-state index < -0.39 is 0 Å². The number of allylic oxidation sites excluding steroid dienone is 4. The van der Waals surface area contributed by atoms with E-state index in [1.165, 1.54) is 0 Å². The molecule has 0 aliphatic heterocycles. The maximum atomic E-state index is 8.15. The van der Waals surface area contributed by atoms with Gasteiger partial charge in [0.25, 0.3) is 0 Å². The molecular formula is C17H22ClN3O. The van der Waals surface area contributed by atoms with Crippen LogP contribution in [0.25, 0.3) is 12.2 Å². The molecule has 1 aromatic heterocycles. The third-order valence-corrected chi connectivity index (χ3v) is 3.86. The average Bonchev–Trinajstić information content (AvgIpc) is 2.82. The number of rotatable bonds is 7. The number of alkyl halides is 1. The maximum Gasteiger partial charge on any atom is 0.112 e. The van der Waals surface area contributed by atoms with E-state index in [4.69, 9.17) is 21.7 Å². The smallest absolute Gasteiger partial charge is 0.112 e. The number of halogens is 1. The minimum absolute atomic E-state index is 0.490. The topological polar surface area (TPSA) is 50.9 Å². The summed E-state index contributed by atoms with van der Waals surface area (Å²) < 4.78 is 7.34. The van der Waals surface area contributed by atoms with Gasteiger partial charge < -0.3 is 14.7 Å². The number of nitrogens with one attached hydrogen (secondary N) is 1. The van der Waals surface area contributed by atoms with E-state index in [2.05, 4.69) is 16.1 Å². The van der Waals surface area contributed by atoms with Gasteiger partial charge in [-0.1, -0.05) is 24.8 Å². The number of nitrogens with zero attached hydrogens (tertiary/aromatic N) is 2. The lowest BCUT2D eigenvalue weighted by Crippen LogP contribution is -2.34. The van der Waals surface area contributed by atoms with E-state index in [9.17, 15) is 0 Å². The Hall–Kier alpha value is -1.65.